The van der Waals surface area contributed by atoms with E-state index in [2.05, 4.69) is 15.2 Å². The number of anilines is 2. The molecular weight excluding hydrogens is 469 g/mol. The first-order chi connectivity index (χ1) is 17.5. The highest BCUT2D eigenvalue weighted by atomic mass is 19.3. The Labute approximate surface area is 209 Å². The van der Waals surface area contributed by atoms with Gasteiger partial charge in [-0.1, -0.05) is 12.1 Å². The van der Waals surface area contributed by atoms with Gasteiger partial charge in [0.15, 0.2) is 5.82 Å². The predicted molar refractivity (Wildman–Crippen MR) is 134 cm³/mol. The lowest BCUT2D eigenvalue weighted by molar-refractivity contribution is 0.122. The zero-order valence-electron chi connectivity index (χ0n) is 20.5. The normalized spacial score (nSPS) is 21.8. The quantitative estimate of drug-likeness (QED) is 0.426. The van der Waals surface area contributed by atoms with Crippen LogP contribution >= 0.6 is 0 Å². The summed E-state index contributed by atoms with van der Waals surface area (Å²) in [4.78, 5) is 15.7. The Morgan fingerprint density at radius 1 is 1.00 bits per heavy atom. The van der Waals surface area contributed by atoms with E-state index in [0.717, 1.165) is 32.1 Å². The van der Waals surface area contributed by atoms with Crippen LogP contribution in [-0.2, 0) is 4.74 Å². The summed E-state index contributed by atoms with van der Waals surface area (Å²) < 4.78 is 48.2. The topological polar surface area (TPSA) is 68.1 Å². The number of halogens is 3. The van der Waals surface area contributed by atoms with Gasteiger partial charge in [-0.2, -0.15) is 9.97 Å². The number of benzene rings is 1. The molecule has 1 aromatic carbocycles. The molecule has 0 radical (unpaired) electrons. The number of nitrogens with one attached hydrogen (secondary N) is 1. The third-order valence-corrected chi connectivity index (χ3v) is 7.20. The van der Waals surface area contributed by atoms with E-state index < -0.39 is 12.6 Å². The summed E-state index contributed by atoms with van der Waals surface area (Å²) in [5, 5.41) is 3.47. The van der Waals surface area contributed by atoms with Crippen LogP contribution in [0, 0.1) is 5.92 Å². The molecule has 1 saturated carbocycles. The SMILES string of the molecule is CC(F)CCC1CCC(Nc2nc(N3CCOCC3)cc(-n3c(C(F)F)nc4ccccc43)n2)CC1. The smallest absolute Gasteiger partial charge is 0.296 e. The van der Waals surface area contributed by atoms with Gasteiger partial charge in [0.1, 0.15) is 11.6 Å². The first kappa shape index (κ1) is 24.8. The number of ether oxygens (including phenoxy) is 1. The van der Waals surface area contributed by atoms with Gasteiger partial charge in [-0.15, -0.1) is 0 Å². The standard InChI is InChI=1S/C26H33F3N6O/c1-17(27)6-7-18-8-10-19(11-9-18)30-26-32-22(34-12-14-36-15-13-34)16-23(33-26)35-21-5-3-2-4-20(21)31-25(35)24(28)29/h2-5,16-19,24H,6-15H2,1H3,(H,30,32,33). The van der Waals surface area contributed by atoms with Gasteiger partial charge < -0.3 is 15.0 Å². The monoisotopic (exact) mass is 502 g/mol. The first-order valence-electron chi connectivity index (χ1n) is 12.9. The Bertz CT molecular complexity index is 1160. The largest absolute Gasteiger partial charge is 0.378 e. The van der Waals surface area contributed by atoms with Crippen molar-refractivity contribution in [1.82, 2.24) is 19.5 Å². The Morgan fingerprint density at radius 3 is 2.44 bits per heavy atom. The van der Waals surface area contributed by atoms with E-state index in [9.17, 15) is 13.2 Å². The molecule has 10 heteroatoms. The summed E-state index contributed by atoms with van der Waals surface area (Å²) in [5.74, 6) is 1.67. The van der Waals surface area contributed by atoms with Crippen molar-refractivity contribution >= 4 is 22.8 Å². The molecule has 1 saturated heterocycles. The Hall–Kier alpha value is -2.88. The minimum absolute atomic E-state index is 0.186. The maximum Gasteiger partial charge on any atom is 0.296 e. The minimum Gasteiger partial charge on any atom is -0.378 e. The number of hydrogen-bond acceptors (Lipinski definition) is 6. The van der Waals surface area contributed by atoms with Crippen molar-refractivity contribution in [3.05, 3.63) is 36.2 Å². The van der Waals surface area contributed by atoms with Crippen LogP contribution in [-0.4, -0.2) is 58.0 Å². The van der Waals surface area contributed by atoms with Crippen molar-refractivity contribution in [2.45, 2.75) is 64.1 Å². The molecular formula is C26H33F3N6O. The average Bonchev–Trinajstić information content (AvgIpc) is 3.29. The molecule has 194 valence electrons. The lowest BCUT2D eigenvalue weighted by atomic mass is 9.83. The summed E-state index contributed by atoms with van der Waals surface area (Å²) in [5.41, 5.74) is 1.07. The summed E-state index contributed by atoms with van der Waals surface area (Å²) in [6.45, 7) is 4.12. The fraction of sp³-hybridized carbons (Fsp3) is 0.577. The second kappa shape index (κ2) is 11.0. The van der Waals surface area contributed by atoms with Gasteiger partial charge in [-0.05, 0) is 63.5 Å². The molecule has 3 aromatic rings. The average molecular weight is 503 g/mol. The lowest BCUT2D eigenvalue weighted by Gasteiger charge is -2.31. The number of imidazole rings is 1. The maximum atomic E-state index is 14.0. The Morgan fingerprint density at radius 2 is 1.72 bits per heavy atom. The van der Waals surface area contributed by atoms with Gasteiger partial charge in [-0.3, -0.25) is 4.57 Å². The highest BCUT2D eigenvalue weighted by molar-refractivity contribution is 5.78. The molecule has 0 bridgehead atoms. The Balaban J connectivity index is 1.45. The zero-order valence-corrected chi connectivity index (χ0v) is 20.5. The highest BCUT2D eigenvalue weighted by Crippen LogP contribution is 2.32. The maximum absolute atomic E-state index is 14.0. The fourth-order valence-corrected chi connectivity index (χ4v) is 5.23. The second-order valence-corrected chi connectivity index (χ2v) is 9.82. The summed E-state index contributed by atoms with van der Waals surface area (Å²) >= 11 is 0. The molecule has 7 nitrogen and oxygen atoms in total. The number of fused-ring (bicyclic) bond motifs is 1. The molecule has 0 spiro atoms. The van der Waals surface area contributed by atoms with E-state index in [4.69, 9.17) is 14.7 Å². The van der Waals surface area contributed by atoms with Gasteiger partial charge in [-0.25, -0.2) is 18.2 Å². The van der Waals surface area contributed by atoms with Crippen LogP contribution in [0.1, 0.15) is 57.7 Å². The zero-order chi connectivity index (χ0) is 25.1. The van der Waals surface area contributed by atoms with Gasteiger partial charge in [0, 0.05) is 25.2 Å². The van der Waals surface area contributed by atoms with Crippen molar-refractivity contribution in [3.8, 4) is 5.82 Å². The molecule has 1 aliphatic carbocycles. The molecule has 1 atom stereocenters. The summed E-state index contributed by atoms with van der Waals surface area (Å²) in [6.07, 6.45) is 1.98. The lowest BCUT2D eigenvalue weighted by Crippen LogP contribution is -2.37. The van der Waals surface area contributed by atoms with E-state index in [1.54, 1.807) is 37.3 Å². The minimum atomic E-state index is -2.75. The third-order valence-electron chi connectivity index (χ3n) is 7.20. The van der Waals surface area contributed by atoms with E-state index in [1.165, 1.54) is 4.57 Å². The van der Waals surface area contributed by atoms with E-state index >= 15 is 0 Å². The van der Waals surface area contributed by atoms with Crippen molar-refractivity contribution in [2.24, 2.45) is 5.92 Å². The predicted octanol–water partition coefficient (Wildman–Crippen LogP) is 5.70. The van der Waals surface area contributed by atoms with Crippen molar-refractivity contribution in [1.29, 1.82) is 0 Å². The molecule has 2 fully saturated rings. The van der Waals surface area contributed by atoms with Crippen LogP contribution in [0.15, 0.2) is 30.3 Å². The molecule has 0 amide bonds. The number of morpholine rings is 1. The van der Waals surface area contributed by atoms with Crippen LogP contribution in [0.5, 0.6) is 0 Å². The molecule has 5 rings (SSSR count). The van der Waals surface area contributed by atoms with Crippen LogP contribution in [0.2, 0.25) is 0 Å². The summed E-state index contributed by atoms with van der Waals surface area (Å²) in [6, 6.07) is 9.03. The van der Waals surface area contributed by atoms with Gasteiger partial charge in [0.05, 0.1) is 30.4 Å². The number of para-hydroxylation sites is 2. The summed E-state index contributed by atoms with van der Waals surface area (Å²) in [7, 11) is 0. The van der Waals surface area contributed by atoms with E-state index in [1.807, 2.05) is 0 Å². The van der Waals surface area contributed by atoms with Gasteiger partial charge in [0.25, 0.3) is 6.43 Å². The van der Waals surface area contributed by atoms with Crippen molar-refractivity contribution in [3.63, 3.8) is 0 Å². The van der Waals surface area contributed by atoms with Crippen molar-refractivity contribution < 1.29 is 17.9 Å². The number of nitrogens with zero attached hydrogens (tertiary/aromatic N) is 5. The number of hydrogen-bond donors (Lipinski definition) is 1. The van der Waals surface area contributed by atoms with Crippen LogP contribution in [0.4, 0.5) is 24.9 Å². The van der Waals surface area contributed by atoms with Crippen LogP contribution in [0.25, 0.3) is 16.9 Å². The Kier molecular flexibility index (Phi) is 7.59. The third kappa shape index (κ3) is 5.58. The van der Waals surface area contributed by atoms with E-state index in [-0.39, 0.29) is 11.9 Å². The molecule has 1 aliphatic heterocycles. The molecule has 1 N–H and O–H groups in total. The van der Waals surface area contributed by atoms with Crippen molar-refractivity contribution in [2.75, 3.05) is 36.5 Å². The molecule has 2 aliphatic rings. The van der Waals surface area contributed by atoms with Crippen LogP contribution < -0.4 is 10.2 Å². The molecule has 1 unspecified atom stereocenters. The molecule has 2 aromatic heterocycles. The van der Waals surface area contributed by atoms with Crippen LogP contribution in [0.3, 0.4) is 0 Å². The molecule has 3 heterocycles. The molecule has 36 heavy (non-hydrogen) atoms. The van der Waals surface area contributed by atoms with E-state index in [0.29, 0.717) is 67.3 Å². The first-order valence-corrected chi connectivity index (χ1v) is 12.9. The van der Waals surface area contributed by atoms with Gasteiger partial charge >= 0.3 is 0 Å². The number of aromatic nitrogens is 4. The van der Waals surface area contributed by atoms with Gasteiger partial charge in [0.2, 0.25) is 5.95 Å². The highest BCUT2D eigenvalue weighted by Gasteiger charge is 2.25. The number of rotatable bonds is 8. The number of alkyl halides is 3. The second-order valence-electron chi connectivity index (χ2n) is 9.82. The fourth-order valence-electron chi connectivity index (χ4n) is 5.23.